The number of imidazole rings is 1. The fourth-order valence-electron chi connectivity index (χ4n) is 4.93. The summed E-state index contributed by atoms with van der Waals surface area (Å²) in [6.07, 6.45) is -0.192. The van der Waals surface area contributed by atoms with Crippen LogP contribution in [0.4, 0.5) is 24.8 Å². The molecular weight excluding hydrogens is 403 g/mol. The Morgan fingerprint density at radius 2 is 1.81 bits per heavy atom. The van der Waals surface area contributed by atoms with Crippen LogP contribution in [0.25, 0.3) is 11.0 Å². The van der Waals surface area contributed by atoms with Crippen molar-refractivity contribution in [3.63, 3.8) is 0 Å². The topological polar surface area (TPSA) is 39.1 Å². The van der Waals surface area contributed by atoms with Gasteiger partial charge < -0.3 is 14.6 Å². The van der Waals surface area contributed by atoms with Gasteiger partial charge >= 0.3 is 6.36 Å². The molecule has 1 aliphatic carbocycles. The molecule has 1 fully saturated rings. The molecule has 166 valence electrons. The standard InChI is InChI=1S/C24H28F3N3O/c1-4-16-13-18(15-23(2,3)14-16)30-21-8-6-5-7-20(21)29-22(30)28-17-9-11-19(12-10-17)31-24(25,26)27/h5-12,16,18H,4,13-15H2,1-3H3,(H,28,29). The highest BCUT2D eigenvalue weighted by Gasteiger charge is 2.35. The second-order valence-corrected chi connectivity index (χ2v) is 9.23. The molecule has 1 aliphatic rings. The van der Waals surface area contributed by atoms with Gasteiger partial charge in [0.2, 0.25) is 5.95 Å². The Morgan fingerprint density at radius 1 is 1.10 bits per heavy atom. The molecular formula is C24H28F3N3O. The zero-order valence-electron chi connectivity index (χ0n) is 18.0. The quantitative estimate of drug-likeness (QED) is 0.456. The van der Waals surface area contributed by atoms with Crippen molar-refractivity contribution in [2.45, 2.75) is 58.9 Å². The molecule has 0 aliphatic heterocycles. The first kappa shape index (κ1) is 21.5. The van der Waals surface area contributed by atoms with Gasteiger partial charge in [0.05, 0.1) is 11.0 Å². The first-order valence-electron chi connectivity index (χ1n) is 10.7. The average Bonchev–Trinajstić information content (AvgIpc) is 3.05. The third-order valence-corrected chi connectivity index (χ3v) is 6.12. The van der Waals surface area contributed by atoms with Crippen LogP contribution in [0.3, 0.4) is 0 Å². The van der Waals surface area contributed by atoms with Crippen LogP contribution in [0, 0.1) is 11.3 Å². The Hall–Kier alpha value is -2.70. The van der Waals surface area contributed by atoms with E-state index in [1.54, 1.807) is 12.1 Å². The Morgan fingerprint density at radius 3 is 2.48 bits per heavy atom. The largest absolute Gasteiger partial charge is 0.573 e. The molecule has 31 heavy (non-hydrogen) atoms. The molecule has 0 spiro atoms. The van der Waals surface area contributed by atoms with Gasteiger partial charge in [-0.3, -0.25) is 0 Å². The molecule has 2 unspecified atom stereocenters. The van der Waals surface area contributed by atoms with Crippen molar-refractivity contribution < 1.29 is 17.9 Å². The smallest absolute Gasteiger partial charge is 0.406 e. The minimum absolute atomic E-state index is 0.239. The maximum absolute atomic E-state index is 12.4. The second kappa shape index (κ2) is 8.09. The second-order valence-electron chi connectivity index (χ2n) is 9.23. The van der Waals surface area contributed by atoms with Crippen LogP contribution in [-0.2, 0) is 0 Å². The lowest BCUT2D eigenvalue weighted by atomic mass is 9.69. The van der Waals surface area contributed by atoms with Gasteiger partial charge in [-0.2, -0.15) is 0 Å². The van der Waals surface area contributed by atoms with Crippen molar-refractivity contribution in [2.24, 2.45) is 11.3 Å². The maximum atomic E-state index is 12.4. The SMILES string of the molecule is CCC1CC(n2c(Nc3ccc(OC(F)(F)F)cc3)nc3ccccc32)CC(C)(C)C1. The van der Waals surface area contributed by atoms with E-state index in [0.717, 1.165) is 30.3 Å². The highest BCUT2D eigenvalue weighted by atomic mass is 19.4. The Balaban J connectivity index is 1.67. The van der Waals surface area contributed by atoms with Gasteiger partial charge in [0.1, 0.15) is 5.75 Å². The van der Waals surface area contributed by atoms with Crippen LogP contribution in [0.1, 0.15) is 52.5 Å². The predicted molar refractivity (Wildman–Crippen MR) is 117 cm³/mol. The van der Waals surface area contributed by atoms with Crippen LogP contribution < -0.4 is 10.1 Å². The molecule has 1 heterocycles. The summed E-state index contributed by atoms with van der Waals surface area (Å²) in [5.74, 6) is 1.12. The lowest BCUT2D eigenvalue weighted by Gasteiger charge is -2.41. The summed E-state index contributed by atoms with van der Waals surface area (Å²) in [5.41, 5.74) is 2.87. The monoisotopic (exact) mass is 431 g/mol. The zero-order valence-corrected chi connectivity index (χ0v) is 18.0. The molecule has 1 aromatic heterocycles. The lowest BCUT2D eigenvalue weighted by molar-refractivity contribution is -0.274. The summed E-state index contributed by atoms with van der Waals surface area (Å²) >= 11 is 0. The van der Waals surface area contributed by atoms with Crippen molar-refractivity contribution in [1.29, 1.82) is 0 Å². The van der Waals surface area contributed by atoms with Crippen LogP contribution in [0.15, 0.2) is 48.5 Å². The van der Waals surface area contributed by atoms with E-state index in [1.165, 1.54) is 18.6 Å². The van der Waals surface area contributed by atoms with Crippen LogP contribution in [-0.4, -0.2) is 15.9 Å². The Bertz CT molecular complexity index is 1040. The van der Waals surface area contributed by atoms with Gasteiger partial charge in [0.15, 0.2) is 0 Å². The van der Waals surface area contributed by atoms with Crippen LogP contribution >= 0.6 is 0 Å². The molecule has 1 N–H and O–H groups in total. The first-order chi connectivity index (χ1) is 14.6. The number of anilines is 2. The number of nitrogens with one attached hydrogen (secondary N) is 1. The number of ether oxygens (including phenoxy) is 1. The fourth-order valence-corrected chi connectivity index (χ4v) is 4.93. The number of rotatable bonds is 5. The number of aromatic nitrogens is 2. The molecule has 4 rings (SSSR count). The van der Waals surface area contributed by atoms with Crippen molar-refractivity contribution in [3.8, 4) is 5.75 Å². The van der Waals surface area contributed by atoms with Crippen molar-refractivity contribution >= 4 is 22.7 Å². The summed E-state index contributed by atoms with van der Waals surface area (Å²) < 4.78 is 43.6. The van der Waals surface area contributed by atoms with Crippen molar-refractivity contribution in [1.82, 2.24) is 9.55 Å². The fraction of sp³-hybridized carbons (Fsp3) is 0.458. The number of halogens is 3. The molecule has 0 amide bonds. The van der Waals surface area contributed by atoms with E-state index in [0.29, 0.717) is 23.6 Å². The Kier molecular flexibility index (Phi) is 5.62. The van der Waals surface area contributed by atoms with Gasteiger partial charge in [-0.25, -0.2) is 4.98 Å². The summed E-state index contributed by atoms with van der Waals surface area (Å²) in [4.78, 5) is 4.80. The average molecular weight is 432 g/mol. The third-order valence-electron chi connectivity index (χ3n) is 6.12. The van der Waals surface area contributed by atoms with E-state index in [-0.39, 0.29) is 11.2 Å². The highest BCUT2D eigenvalue weighted by Crippen LogP contribution is 2.47. The summed E-state index contributed by atoms with van der Waals surface area (Å²) in [7, 11) is 0. The van der Waals surface area contributed by atoms with E-state index in [9.17, 15) is 13.2 Å². The maximum Gasteiger partial charge on any atom is 0.573 e. The molecule has 1 saturated carbocycles. The number of alkyl halides is 3. The van der Waals surface area contributed by atoms with Crippen molar-refractivity contribution in [2.75, 3.05) is 5.32 Å². The van der Waals surface area contributed by atoms with E-state index < -0.39 is 6.36 Å². The van der Waals surface area contributed by atoms with Crippen molar-refractivity contribution in [3.05, 3.63) is 48.5 Å². The Labute approximate surface area is 180 Å². The first-order valence-corrected chi connectivity index (χ1v) is 10.7. The molecule has 2 atom stereocenters. The van der Waals surface area contributed by atoms with Gasteiger partial charge in [0, 0.05) is 11.7 Å². The number of benzene rings is 2. The molecule has 7 heteroatoms. The van der Waals surface area contributed by atoms with Gasteiger partial charge in [-0.15, -0.1) is 13.2 Å². The molecule has 4 nitrogen and oxygen atoms in total. The van der Waals surface area contributed by atoms with E-state index in [2.05, 4.69) is 41.5 Å². The zero-order chi connectivity index (χ0) is 22.2. The molecule has 3 aromatic rings. The number of nitrogens with zero attached hydrogens (tertiary/aromatic N) is 2. The number of fused-ring (bicyclic) bond motifs is 1. The number of hydrogen-bond donors (Lipinski definition) is 1. The lowest BCUT2D eigenvalue weighted by Crippen LogP contribution is -2.30. The molecule has 0 bridgehead atoms. The summed E-state index contributed by atoms with van der Waals surface area (Å²) in [5, 5.41) is 3.32. The van der Waals surface area contributed by atoms with Gasteiger partial charge in [0.25, 0.3) is 0 Å². The van der Waals surface area contributed by atoms with E-state index in [1.807, 2.05) is 18.2 Å². The van der Waals surface area contributed by atoms with Crippen LogP contribution in [0.5, 0.6) is 5.75 Å². The number of hydrogen-bond acceptors (Lipinski definition) is 3. The molecule has 0 radical (unpaired) electrons. The number of para-hydroxylation sites is 2. The highest BCUT2D eigenvalue weighted by molar-refractivity contribution is 5.80. The summed E-state index contributed by atoms with van der Waals surface area (Å²) in [6.45, 7) is 6.90. The molecule has 0 saturated heterocycles. The van der Waals surface area contributed by atoms with Gasteiger partial charge in [-0.1, -0.05) is 39.3 Å². The normalized spacial score (nSPS) is 21.2. The van der Waals surface area contributed by atoms with E-state index in [4.69, 9.17) is 4.98 Å². The van der Waals surface area contributed by atoms with E-state index >= 15 is 0 Å². The minimum atomic E-state index is -4.70. The minimum Gasteiger partial charge on any atom is -0.406 e. The predicted octanol–water partition coefficient (Wildman–Crippen LogP) is 7.46. The molecule has 2 aromatic carbocycles. The van der Waals surface area contributed by atoms with Crippen LogP contribution in [0.2, 0.25) is 0 Å². The third kappa shape index (κ3) is 4.97. The van der Waals surface area contributed by atoms with Gasteiger partial charge in [-0.05, 0) is 67.0 Å². The summed E-state index contributed by atoms with van der Waals surface area (Å²) in [6, 6.07) is 14.1.